The maximum atomic E-state index is 12.8. The van der Waals surface area contributed by atoms with Crippen LogP contribution in [0, 0.1) is 17.5 Å². The van der Waals surface area contributed by atoms with Gasteiger partial charge in [-0.2, -0.15) is 0 Å². The zero-order valence-corrected chi connectivity index (χ0v) is 8.71. The molecule has 0 bridgehead atoms. The van der Waals surface area contributed by atoms with E-state index in [-0.39, 0.29) is 12.1 Å². The molecule has 0 aliphatic heterocycles. The quantitative estimate of drug-likeness (QED) is 0.623. The maximum absolute atomic E-state index is 12.8. The van der Waals surface area contributed by atoms with Crippen LogP contribution < -0.4 is 5.32 Å². The second kappa shape index (κ2) is 5.49. The minimum absolute atomic E-state index is 0.161. The summed E-state index contributed by atoms with van der Waals surface area (Å²) >= 11 is 0. The fourth-order valence-electron chi connectivity index (χ4n) is 1.15. The van der Waals surface area contributed by atoms with Gasteiger partial charge in [-0.15, -0.1) is 0 Å². The van der Waals surface area contributed by atoms with Crippen LogP contribution in [0.4, 0.5) is 13.2 Å². The third-order valence-electron chi connectivity index (χ3n) is 2.05. The molecular weight excluding hydrogens is 235 g/mol. The molecule has 6 heteroatoms. The Morgan fingerprint density at radius 2 is 1.94 bits per heavy atom. The second-order valence-corrected chi connectivity index (χ2v) is 3.26. The Labute approximate surface area is 95.6 Å². The van der Waals surface area contributed by atoms with Crippen LogP contribution in [0.1, 0.15) is 11.7 Å². The molecule has 0 heterocycles. The first-order valence-electron chi connectivity index (χ1n) is 4.68. The van der Waals surface area contributed by atoms with E-state index in [1.807, 2.05) is 0 Å². The highest BCUT2D eigenvalue weighted by Gasteiger charge is 2.15. The van der Waals surface area contributed by atoms with Gasteiger partial charge in [0.2, 0.25) is 5.91 Å². The van der Waals surface area contributed by atoms with Crippen LogP contribution in [0.5, 0.6) is 0 Å². The summed E-state index contributed by atoms with van der Waals surface area (Å²) in [6.07, 6.45) is -0.345. The Balaban J connectivity index is 2.79. The molecule has 1 aromatic rings. The topological polar surface area (TPSA) is 49.3 Å². The number of carbonyl (C=O) groups excluding carboxylic acids is 1. The fourth-order valence-corrected chi connectivity index (χ4v) is 1.15. The fraction of sp³-hybridized carbons (Fsp3) is 0.182. The maximum Gasteiger partial charge on any atom is 0.243 e. The molecule has 1 amide bonds. The lowest BCUT2D eigenvalue weighted by atomic mass is 10.1. The summed E-state index contributed by atoms with van der Waals surface area (Å²) in [4.78, 5) is 10.8. The molecule has 0 spiro atoms. The number of hydrogen-bond acceptors (Lipinski definition) is 2. The van der Waals surface area contributed by atoms with Crippen LogP contribution in [-0.2, 0) is 4.79 Å². The summed E-state index contributed by atoms with van der Waals surface area (Å²) in [5, 5.41) is 11.7. The highest BCUT2D eigenvalue weighted by Crippen LogP contribution is 2.18. The summed E-state index contributed by atoms with van der Waals surface area (Å²) in [5.74, 6) is -4.92. The molecule has 92 valence electrons. The van der Waals surface area contributed by atoms with E-state index in [2.05, 4.69) is 11.9 Å². The minimum atomic E-state index is -1.60. The van der Waals surface area contributed by atoms with Crippen LogP contribution in [0.25, 0.3) is 0 Å². The van der Waals surface area contributed by atoms with Crippen molar-refractivity contribution in [3.63, 3.8) is 0 Å². The number of nitrogens with one attached hydrogen (secondary N) is 1. The van der Waals surface area contributed by atoms with E-state index in [4.69, 9.17) is 0 Å². The normalized spacial score (nSPS) is 12.0. The predicted molar refractivity (Wildman–Crippen MR) is 54.5 cm³/mol. The summed E-state index contributed by atoms with van der Waals surface area (Å²) in [6.45, 7) is 2.93. The SMILES string of the molecule is C=CC(=O)NCC(O)c1cc(F)c(F)c(F)c1. The van der Waals surface area contributed by atoms with Gasteiger partial charge in [0.25, 0.3) is 0 Å². The van der Waals surface area contributed by atoms with Crippen molar-refractivity contribution in [3.8, 4) is 0 Å². The van der Waals surface area contributed by atoms with E-state index >= 15 is 0 Å². The molecule has 0 fully saturated rings. The number of carbonyl (C=O) groups is 1. The largest absolute Gasteiger partial charge is 0.387 e. The highest BCUT2D eigenvalue weighted by molar-refractivity contribution is 5.86. The summed E-state index contributed by atoms with van der Waals surface area (Å²) in [6, 6.07) is 1.34. The first-order chi connectivity index (χ1) is 7.95. The van der Waals surface area contributed by atoms with E-state index in [1.54, 1.807) is 0 Å². The minimum Gasteiger partial charge on any atom is -0.387 e. The number of aliphatic hydroxyl groups excluding tert-OH is 1. The van der Waals surface area contributed by atoms with E-state index in [0.29, 0.717) is 12.1 Å². The van der Waals surface area contributed by atoms with Gasteiger partial charge >= 0.3 is 0 Å². The number of halogens is 3. The van der Waals surface area contributed by atoms with Crippen molar-refractivity contribution in [2.45, 2.75) is 6.10 Å². The van der Waals surface area contributed by atoms with Crippen molar-refractivity contribution < 1.29 is 23.1 Å². The lowest BCUT2D eigenvalue weighted by Gasteiger charge is -2.11. The second-order valence-electron chi connectivity index (χ2n) is 3.26. The molecule has 0 aliphatic rings. The average Bonchev–Trinajstić information content (AvgIpc) is 2.31. The molecule has 0 radical (unpaired) electrons. The predicted octanol–water partition coefficient (Wildman–Crippen LogP) is 1.44. The van der Waals surface area contributed by atoms with Crippen molar-refractivity contribution in [1.82, 2.24) is 5.32 Å². The Morgan fingerprint density at radius 3 is 2.41 bits per heavy atom. The van der Waals surface area contributed by atoms with Crippen LogP contribution in [-0.4, -0.2) is 17.6 Å². The van der Waals surface area contributed by atoms with Crippen molar-refractivity contribution in [3.05, 3.63) is 47.8 Å². The summed E-state index contributed by atoms with van der Waals surface area (Å²) in [7, 11) is 0. The molecule has 0 aromatic heterocycles. The molecule has 0 saturated heterocycles. The average molecular weight is 245 g/mol. The molecular formula is C11H10F3NO2. The number of amides is 1. The molecule has 1 rings (SSSR count). The monoisotopic (exact) mass is 245 g/mol. The molecule has 2 N–H and O–H groups in total. The number of hydrogen-bond donors (Lipinski definition) is 2. The lowest BCUT2D eigenvalue weighted by Crippen LogP contribution is -2.26. The van der Waals surface area contributed by atoms with Gasteiger partial charge in [-0.25, -0.2) is 13.2 Å². The molecule has 17 heavy (non-hydrogen) atoms. The molecule has 1 aromatic carbocycles. The molecule has 0 aliphatic carbocycles. The number of benzene rings is 1. The van der Waals surface area contributed by atoms with Gasteiger partial charge in [-0.3, -0.25) is 4.79 Å². The van der Waals surface area contributed by atoms with E-state index < -0.39 is 29.5 Å². The zero-order chi connectivity index (χ0) is 13.0. The van der Waals surface area contributed by atoms with Gasteiger partial charge in [0.1, 0.15) is 0 Å². The van der Waals surface area contributed by atoms with Crippen molar-refractivity contribution in [2.24, 2.45) is 0 Å². The van der Waals surface area contributed by atoms with E-state index in [0.717, 1.165) is 6.08 Å². The van der Waals surface area contributed by atoms with E-state index in [1.165, 1.54) is 0 Å². The summed E-state index contributed by atoms with van der Waals surface area (Å²) in [5.41, 5.74) is -0.161. The first-order valence-corrected chi connectivity index (χ1v) is 4.68. The van der Waals surface area contributed by atoms with Crippen molar-refractivity contribution in [2.75, 3.05) is 6.54 Å². The van der Waals surface area contributed by atoms with Gasteiger partial charge in [-0.05, 0) is 23.8 Å². The van der Waals surface area contributed by atoms with Crippen LogP contribution in [0.15, 0.2) is 24.8 Å². The standard InChI is InChI=1S/C11H10F3NO2/c1-2-10(17)15-5-9(16)6-3-7(12)11(14)8(13)4-6/h2-4,9,16H,1,5H2,(H,15,17). The third-order valence-corrected chi connectivity index (χ3v) is 2.05. The third kappa shape index (κ3) is 3.32. The van der Waals surface area contributed by atoms with E-state index in [9.17, 15) is 23.1 Å². The van der Waals surface area contributed by atoms with Crippen molar-refractivity contribution in [1.29, 1.82) is 0 Å². The van der Waals surface area contributed by atoms with Gasteiger partial charge < -0.3 is 10.4 Å². The van der Waals surface area contributed by atoms with Crippen LogP contribution in [0.2, 0.25) is 0 Å². The van der Waals surface area contributed by atoms with Crippen LogP contribution in [0.3, 0.4) is 0 Å². The first kappa shape index (κ1) is 13.2. The molecule has 1 unspecified atom stereocenters. The van der Waals surface area contributed by atoms with Gasteiger partial charge in [0.15, 0.2) is 17.5 Å². The van der Waals surface area contributed by atoms with Gasteiger partial charge in [0.05, 0.1) is 6.10 Å². The Hall–Kier alpha value is -1.82. The van der Waals surface area contributed by atoms with Crippen LogP contribution >= 0.6 is 0 Å². The smallest absolute Gasteiger partial charge is 0.243 e. The highest BCUT2D eigenvalue weighted by atomic mass is 19.2. The Morgan fingerprint density at radius 1 is 1.41 bits per heavy atom. The molecule has 3 nitrogen and oxygen atoms in total. The molecule has 1 atom stereocenters. The lowest BCUT2D eigenvalue weighted by molar-refractivity contribution is -0.116. The Kier molecular flexibility index (Phi) is 4.28. The molecule has 0 saturated carbocycles. The Bertz CT molecular complexity index is 425. The summed E-state index contributed by atoms with van der Waals surface area (Å²) < 4.78 is 38.3. The van der Waals surface area contributed by atoms with Gasteiger partial charge in [-0.1, -0.05) is 6.58 Å². The number of aliphatic hydroxyl groups is 1. The number of rotatable bonds is 4. The zero-order valence-electron chi connectivity index (χ0n) is 8.71. The van der Waals surface area contributed by atoms with Gasteiger partial charge in [0, 0.05) is 6.54 Å². The van der Waals surface area contributed by atoms with Crippen molar-refractivity contribution >= 4 is 5.91 Å².